The average molecular weight is 496 g/mol. The van der Waals surface area contributed by atoms with Gasteiger partial charge in [-0.05, 0) is 30.3 Å². The second-order valence-corrected chi connectivity index (χ2v) is 8.35. The number of carbonyl (C=O) groups is 2. The highest BCUT2D eigenvalue weighted by molar-refractivity contribution is 6.33. The first-order valence-corrected chi connectivity index (χ1v) is 11.1. The van der Waals surface area contributed by atoms with Crippen LogP contribution in [0.15, 0.2) is 79.3 Å². The van der Waals surface area contributed by atoms with E-state index in [4.69, 9.17) is 25.8 Å². The smallest absolute Gasteiger partial charge is 0.338 e. The molecular weight excluding hydrogens is 477 g/mol. The highest BCUT2D eigenvalue weighted by atomic mass is 35.5. The zero-order chi connectivity index (χ0) is 24.4. The molecule has 1 saturated heterocycles. The lowest BCUT2D eigenvalue weighted by Gasteiger charge is -2.30. The molecule has 4 aromatic rings. The van der Waals surface area contributed by atoms with E-state index in [1.807, 2.05) is 0 Å². The van der Waals surface area contributed by atoms with Crippen molar-refractivity contribution >= 4 is 34.6 Å². The standard InChI is InChI=1S/C25H19ClFN3O5/c26-20-18-11-12-30(21(18)29-15-28-20)22-19(27)25(13-33-22,35-24(32)17-9-5-2-6-10-17)14-34-23(31)16-7-3-1-4-8-16/h1-12,15,19,22H,13-14H2/t19-,22-,25+/m1/s1. The molecule has 35 heavy (non-hydrogen) atoms. The quantitative estimate of drug-likeness (QED) is 0.289. The van der Waals surface area contributed by atoms with E-state index in [2.05, 4.69) is 9.97 Å². The Labute approximate surface area is 204 Å². The molecule has 0 unspecified atom stereocenters. The van der Waals surface area contributed by atoms with E-state index in [1.54, 1.807) is 72.9 Å². The number of fused-ring (bicyclic) bond motifs is 1. The number of ether oxygens (including phenoxy) is 3. The number of nitrogens with zero attached hydrogens (tertiary/aromatic N) is 3. The topological polar surface area (TPSA) is 92.5 Å². The normalized spacial score (nSPS) is 21.7. The zero-order valence-corrected chi connectivity index (χ0v) is 19.0. The minimum Gasteiger partial charge on any atom is -0.458 e. The Morgan fingerprint density at radius 2 is 1.69 bits per heavy atom. The van der Waals surface area contributed by atoms with Crippen LogP contribution in [0, 0.1) is 0 Å². The SMILES string of the molecule is O=C(OC[C@@]1(OC(=O)c2ccccc2)CO[C@@H](n2ccc3c(Cl)ncnc32)[C@H]1F)c1ccccc1. The summed E-state index contributed by atoms with van der Waals surface area (Å²) in [6, 6.07) is 18.0. The van der Waals surface area contributed by atoms with Gasteiger partial charge in [0.2, 0.25) is 5.60 Å². The fraction of sp³-hybridized carbons (Fsp3) is 0.200. The van der Waals surface area contributed by atoms with E-state index in [-0.39, 0.29) is 22.9 Å². The Morgan fingerprint density at radius 1 is 1.03 bits per heavy atom. The highest BCUT2D eigenvalue weighted by Gasteiger charge is 2.56. The number of esters is 2. The monoisotopic (exact) mass is 495 g/mol. The lowest BCUT2D eigenvalue weighted by molar-refractivity contribution is -0.0807. The minimum atomic E-state index is -1.90. The van der Waals surface area contributed by atoms with Gasteiger partial charge in [-0.2, -0.15) is 0 Å². The van der Waals surface area contributed by atoms with Gasteiger partial charge in [0.05, 0.1) is 23.1 Å². The summed E-state index contributed by atoms with van der Waals surface area (Å²) in [7, 11) is 0. The van der Waals surface area contributed by atoms with Crippen molar-refractivity contribution in [1.82, 2.24) is 14.5 Å². The van der Waals surface area contributed by atoms with Crippen molar-refractivity contribution in [1.29, 1.82) is 0 Å². The minimum absolute atomic E-state index is 0.209. The van der Waals surface area contributed by atoms with Crippen molar-refractivity contribution in [3.05, 3.63) is 95.5 Å². The molecule has 0 aliphatic carbocycles. The third-order valence-corrected chi connectivity index (χ3v) is 6.05. The third-order valence-electron chi connectivity index (χ3n) is 5.75. The maximum Gasteiger partial charge on any atom is 0.338 e. The molecule has 1 aliphatic rings. The van der Waals surface area contributed by atoms with Gasteiger partial charge in [-0.15, -0.1) is 0 Å². The van der Waals surface area contributed by atoms with Crippen LogP contribution < -0.4 is 0 Å². The molecule has 10 heteroatoms. The molecule has 0 N–H and O–H groups in total. The van der Waals surface area contributed by atoms with E-state index in [0.29, 0.717) is 11.0 Å². The van der Waals surface area contributed by atoms with Crippen molar-refractivity contribution in [3.63, 3.8) is 0 Å². The summed E-state index contributed by atoms with van der Waals surface area (Å²) in [6.45, 7) is -0.899. The molecule has 0 radical (unpaired) electrons. The van der Waals surface area contributed by atoms with Gasteiger partial charge in [0.1, 0.15) is 23.7 Å². The summed E-state index contributed by atoms with van der Waals surface area (Å²) in [5.74, 6) is -1.45. The van der Waals surface area contributed by atoms with Crippen LogP contribution in [0.5, 0.6) is 0 Å². The van der Waals surface area contributed by atoms with Gasteiger partial charge in [-0.1, -0.05) is 48.0 Å². The number of rotatable bonds is 6. The van der Waals surface area contributed by atoms with Crippen LogP contribution in [0.4, 0.5) is 4.39 Å². The molecule has 5 rings (SSSR count). The molecule has 178 valence electrons. The van der Waals surface area contributed by atoms with Crippen LogP contribution in [-0.2, 0) is 14.2 Å². The molecular formula is C25H19ClFN3O5. The lowest BCUT2D eigenvalue weighted by atomic mass is 10.0. The number of carbonyl (C=O) groups excluding carboxylic acids is 2. The zero-order valence-electron chi connectivity index (χ0n) is 18.2. The predicted octanol–water partition coefficient (Wildman–Crippen LogP) is 4.40. The van der Waals surface area contributed by atoms with Crippen LogP contribution in [0.1, 0.15) is 26.9 Å². The fourth-order valence-electron chi connectivity index (χ4n) is 3.92. The maximum absolute atomic E-state index is 16.1. The largest absolute Gasteiger partial charge is 0.458 e. The number of halogens is 2. The molecule has 0 spiro atoms. The number of benzene rings is 2. The lowest BCUT2D eigenvalue weighted by Crippen LogP contribution is -2.49. The third kappa shape index (κ3) is 4.36. The van der Waals surface area contributed by atoms with Crippen molar-refractivity contribution in [2.45, 2.75) is 18.0 Å². The average Bonchev–Trinajstić information content (AvgIpc) is 3.46. The van der Waals surface area contributed by atoms with E-state index in [9.17, 15) is 9.59 Å². The molecule has 0 bridgehead atoms. The van der Waals surface area contributed by atoms with Crippen LogP contribution in [0.3, 0.4) is 0 Å². The van der Waals surface area contributed by atoms with Crippen LogP contribution >= 0.6 is 11.6 Å². The molecule has 0 amide bonds. The van der Waals surface area contributed by atoms with Gasteiger partial charge >= 0.3 is 11.9 Å². The summed E-state index contributed by atoms with van der Waals surface area (Å²) in [6.07, 6.45) is -0.290. The van der Waals surface area contributed by atoms with Crippen molar-refractivity contribution in [2.24, 2.45) is 0 Å². The van der Waals surface area contributed by atoms with Gasteiger partial charge in [0.25, 0.3) is 0 Å². The van der Waals surface area contributed by atoms with Crippen molar-refractivity contribution in [2.75, 3.05) is 13.2 Å². The number of hydrogen-bond donors (Lipinski definition) is 0. The Morgan fingerprint density at radius 3 is 2.37 bits per heavy atom. The van der Waals surface area contributed by atoms with E-state index >= 15 is 4.39 Å². The fourth-order valence-corrected chi connectivity index (χ4v) is 4.11. The second kappa shape index (κ2) is 9.44. The highest BCUT2D eigenvalue weighted by Crippen LogP contribution is 2.40. The summed E-state index contributed by atoms with van der Waals surface area (Å²) in [4.78, 5) is 33.6. The molecule has 2 aromatic heterocycles. The maximum atomic E-state index is 16.1. The molecule has 8 nitrogen and oxygen atoms in total. The number of hydrogen-bond acceptors (Lipinski definition) is 7. The Bertz CT molecular complexity index is 1370. The molecule has 3 atom stereocenters. The van der Waals surface area contributed by atoms with Gasteiger partial charge in [-0.3, -0.25) is 0 Å². The molecule has 1 fully saturated rings. The Kier molecular flexibility index (Phi) is 6.19. The first kappa shape index (κ1) is 22.9. The Hall–Kier alpha value is -3.82. The molecule has 1 aliphatic heterocycles. The van der Waals surface area contributed by atoms with Crippen LogP contribution in [-0.4, -0.2) is 51.5 Å². The van der Waals surface area contributed by atoms with Crippen LogP contribution in [0.2, 0.25) is 5.15 Å². The first-order valence-electron chi connectivity index (χ1n) is 10.7. The van der Waals surface area contributed by atoms with Crippen molar-refractivity contribution < 1.29 is 28.2 Å². The van der Waals surface area contributed by atoms with Gasteiger partial charge in [0, 0.05) is 6.20 Å². The van der Waals surface area contributed by atoms with E-state index in [0.717, 1.165) is 0 Å². The van der Waals surface area contributed by atoms with Crippen molar-refractivity contribution in [3.8, 4) is 0 Å². The van der Waals surface area contributed by atoms with Gasteiger partial charge < -0.3 is 18.8 Å². The predicted molar refractivity (Wildman–Crippen MR) is 124 cm³/mol. The van der Waals surface area contributed by atoms with Crippen LogP contribution in [0.25, 0.3) is 11.0 Å². The first-order chi connectivity index (χ1) is 17.0. The summed E-state index contributed by atoms with van der Waals surface area (Å²) < 4.78 is 34.4. The van der Waals surface area contributed by atoms with E-state index in [1.165, 1.54) is 10.9 Å². The second-order valence-electron chi connectivity index (χ2n) is 7.99. The van der Waals surface area contributed by atoms with Gasteiger partial charge in [-0.25, -0.2) is 23.9 Å². The molecule has 2 aromatic carbocycles. The molecule has 3 heterocycles. The van der Waals surface area contributed by atoms with Gasteiger partial charge in [0.15, 0.2) is 12.4 Å². The summed E-state index contributed by atoms with van der Waals surface area (Å²) >= 11 is 6.12. The Balaban J connectivity index is 1.45. The summed E-state index contributed by atoms with van der Waals surface area (Å²) in [5.41, 5.74) is -1.03. The number of aromatic nitrogens is 3. The number of alkyl halides is 1. The molecule has 0 saturated carbocycles. The summed E-state index contributed by atoms with van der Waals surface area (Å²) in [5, 5.41) is 0.722. The van der Waals surface area contributed by atoms with E-state index < -0.39 is 36.5 Å².